The van der Waals surface area contributed by atoms with Gasteiger partial charge in [-0.1, -0.05) is 24.3 Å². The fourth-order valence-electron chi connectivity index (χ4n) is 5.58. The molecule has 4 aliphatic heterocycles. The van der Waals surface area contributed by atoms with Gasteiger partial charge in [0.15, 0.2) is 0 Å². The van der Waals surface area contributed by atoms with Gasteiger partial charge in [-0.2, -0.15) is 0 Å². The molecule has 6 rings (SSSR count). The molecule has 34 heavy (non-hydrogen) atoms. The van der Waals surface area contributed by atoms with Gasteiger partial charge >= 0.3 is 0 Å². The molecule has 5 atom stereocenters. The number of epoxide rings is 1. The first-order valence-corrected chi connectivity index (χ1v) is 12.1. The number of fused-ring (bicyclic) bond motifs is 2. The van der Waals surface area contributed by atoms with Crippen LogP contribution in [0.3, 0.4) is 0 Å². The number of anilines is 2. The molecule has 4 heterocycles. The lowest BCUT2D eigenvalue weighted by Crippen LogP contribution is -2.62. The molecule has 0 aliphatic carbocycles. The molecule has 4 aliphatic rings. The molecule has 2 saturated heterocycles. The van der Waals surface area contributed by atoms with Crippen LogP contribution in [-0.4, -0.2) is 54.8 Å². The van der Waals surface area contributed by atoms with E-state index >= 15 is 0 Å². The van der Waals surface area contributed by atoms with Crippen molar-refractivity contribution in [1.29, 1.82) is 0 Å². The molecule has 178 valence electrons. The lowest BCUT2D eigenvalue weighted by molar-refractivity contribution is -0.137. The van der Waals surface area contributed by atoms with Gasteiger partial charge in [0.25, 0.3) is 0 Å². The van der Waals surface area contributed by atoms with E-state index in [-0.39, 0.29) is 30.3 Å². The number of rotatable bonds is 7. The second-order valence-corrected chi connectivity index (χ2v) is 9.91. The van der Waals surface area contributed by atoms with Gasteiger partial charge in [-0.3, -0.25) is 9.59 Å². The molecular formula is C26H30N4O4. The average Bonchev–Trinajstić information content (AvgIpc) is 3.43. The topological polar surface area (TPSA) is 115 Å². The third-order valence-corrected chi connectivity index (χ3v) is 7.55. The fourth-order valence-corrected chi connectivity index (χ4v) is 5.58. The van der Waals surface area contributed by atoms with Gasteiger partial charge in [0.05, 0.1) is 19.3 Å². The molecule has 2 fully saturated rings. The third-order valence-electron chi connectivity index (χ3n) is 7.55. The second kappa shape index (κ2) is 8.60. The summed E-state index contributed by atoms with van der Waals surface area (Å²) in [6.45, 7) is 2.33. The molecule has 0 aromatic heterocycles. The van der Waals surface area contributed by atoms with E-state index in [1.54, 1.807) is 0 Å². The van der Waals surface area contributed by atoms with Gasteiger partial charge in [-0.25, -0.2) is 0 Å². The van der Waals surface area contributed by atoms with Gasteiger partial charge < -0.3 is 31.1 Å². The molecule has 0 spiro atoms. The molecule has 0 saturated carbocycles. The van der Waals surface area contributed by atoms with E-state index in [4.69, 9.17) is 4.74 Å². The van der Waals surface area contributed by atoms with Crippen LogP contribution in [0, 0.1) is 0 Å². The predicted octanol–water partition coefficient (Wildman–Crippen LogP) is 1.60. The number of hydrogen-bond donors (Lipinski definition) is 5. The van der Waals surface area contributed by atoms with Gasteiger partial charge in [0, 0.05) is 42.7 Å². The highest BCUT2D eigenvalue weighted by molar-refractivity contribution is 5.97. The third kappa shape index (κ3) is 4.12. The number of nitrogens with one attached hydrogen (secondary N) is 4. The fraction of sp³-hybridized carbons (Fsp3) is 0.462. The molecular weight excluding hydrogens is 432 g/mol. The van der Waals surface area contributed by atoms with E-state index < -0.39 is 12.1 Å². The van der Waals surface area contributed by atoms with Crippen molar-refractivity contribution in [2.45, 2.75) is 55.9 Å². The quantitative estimate of drug-likeness (QED) is 0.400. The zero-order valence-electron chi connectivity index (χ0n) is 19.0. The van der Waals surface area contributed by atoms with Crippen molar-refractivity contribution in [1.82, 2.24) is 10.6 Å². The average molecular weight is 463 g/mol. The Kier molecular flexibility index (Phi) is 5.42. The van der Waals surface area contributed by atoms with E-state index in [1.807, 2.05) is 18.2 Å². The minimum Gasteiger partial charge on any atom is -0.392 e. The van der Waals surface area contributed by atoms with E-state index in [2.05, 4.69) is 39.5 Å². The molecule has 2 aromatic rings. The SMILES string of the molecule is O=C1NC(CC2CNc3cc(CC4CO4)ccc32)C(=O)NC1CC1CNc2cc(CO)ccc21. The maximum absolute atomic E-state index is 12.9. The molecule has 8 heteroatoms. The highest BCUT2D eigenvalue weighted by atomic mass is 16.6. The van der Waals surface area contributed by atoms with Crippen LogP contribution < -0.4 is 21.3 Å². The monoisotopic (exact) mass is 462 g/mol. The Morgan fingerprint density at radius 1 is 0.824 bits per heavy atom. The minimum absolute atomic E-state index is 0.000317. The number of carbonyl (C=O) groups excluding carboxylic acids is 2. The number of amides is 2. The first-order valence-electron chi connectivity index (χ1n) is 12.1. The number of piperazine rings is 1. The maximum atomic E-state index is 12.9. The zero-order valence-corrected chi connectivity index (χ0v) is 19.0. The van der Waals surface area contributed by atoms with Crippen molar-refractivity contribution in [3.63, 3.8) is 0 Å². The molecule has 8 nitrogen and oxygen atoms in total. The predicted molar refractivity (Wildman–Crippen MR) is 128 cm³/mol. The van der Waals surface area contributed by atoms with Crippen LogP contribution in [-0.2, 0) is 27.4 Å². The zero-order chi connectivity index (χ0) is 23.2. The van der Waals surface area contributed by atoms with Gasteiger partial charge in [0.2, 0.25) is 11.8 Å². The summed E-state index contributed by atoms with van der Waals surface area (Å²) in [5.74, 6) is 0.0929. The van der Waals surface area contributed by atoms with Crippen LogP contribution in [0.25, 0.3) is 0 Å². The molecule has 5 unspecified atom stereocenters. The summed E-state index contributed by atoms with van der Waals surface area (Å²) in [6.07, 6.45) is 2.42. The van der Waals surface area contributed by atoms with Crippen molar-refractivity contribution in [3.05, 3.63) is 58.7 Å². The molecule has 2 aromatic carbocycles. The van der Waals surface area contributed by atoms with Crippen molar-refractivity contribution in [3.8, 4) is 0 Å². The summed E-state index contributed by atoms with van der Waals surface area (Å²) in [4.78, 5) is 25.8. The minimum atomic E-state index is -0.541. The number of benzene rings is 2. The first-order chi connectivity index (χ1) is 16.6. The Bertz CT molecular complexity index is 1130. The van der Waals surface area contributed by atoms with Crippen LogP contribution in [0.4, 0.5) is 11.4 Å². The summed E-state index contributed by atoms with van der Waals surface area (Å²) >= 11 is 0. The number of hydrogen-bond acceptors (Lipinski definition) is 6. The Hall–Kier alpha value is -3.10. The highest BCUT2D eigenvalue weighted by Gasteiger charge is 2.38. The van der Waals surface area contributed by atoms with Crippen LogP contribution in [0.1, 0.15) is 46.9 Å². The lowest BCUT2D eigenvalue weighted by Gasteiger charge is -2.32. The largest absolute Gasteiger partial charge is 0.392 e. The summed E-state index contributed by atoms with van der Waals surface area (Å²) in [5.41, 5.74) is 6.58. The van der Waals surface area contributed by atoms with Crippen molar-refractivity contribution in [2.24, 2.45) is 0 Å². The van der Waals surface area contributed by atoms with Crippen molar-refractivity contribution >= 4 is 23.2 Å². The molecule has 2 amide bonds. The van der Waals surface area contributed by atoms with Crippen molar-refractivity contribution < 1.29 is 19.4 Å². The maximum Gasteiger partial charge on any atom is 0.243 e. The summed E-state index contributed by atoms with van der Waals surface area (Å²) < 4.78 is 5.33. The summed E-state index contributed by atoms with van der Waals surface area (Å²) in [5, 5.41) is 22.1. The van der Waals surface area contributed by atoms with E-state index in [0.717, 1.165) is 42.1 Å². The molecule has 0 bridgehead atoms. The van der Waals surface area contributed by atoms with E-state index in [0.29, 0.717) is 25.5 Å². The first kappa shape index (κ1) is 21.4. The number of carbonyl (C=O) groups is 2. The standard InChI is InChI=1S/C26H30N4O4/c31-12-15-2-4-20-17(11-28-22(20)7-15)9-24-26(33)29-23(25(32)30-24)8-16-10-27-21-6-14(1-3-19(16)21)5-18-13-34-18/h1-4,6-7,16-18,23-24,27-28,31H,5,8-13H2,(H,29,33)(H,30,32). The smallest absolute Gasteiger partial charge is 0.243 e. The summed E-state index contributed by atoms with van der Waals surface area (Å²) in [7, 11) is 0. The van der Waals surface area contributed by atoms with E-state index in [1.165, 1.54) is 11.1 Å². The Morgan fingerprint density at radius 2 is 1.35 bits per heavy atom. The van der Waals surface area contributed by atoms with Crippen LogP contribution in [0.15, 0.2) is 36.4 Å². The number of ether oxygens (including phenoxy) is 1. The van der Waals surface area contributed by atoms with Gasteiger partial charge in [-0.15, -0.1) is 0 Å². The normalized spacial score (nSPS) is 28.9. The second-order valence-electron chi connectivity index (χ2n) is 9.91. The summed E-state index contributed by atoms with van der Waals surface area (Å²) in [6, 6.07) is 11.3. The van der Waals surface area contributed by atoms with Crippen LogP contribution in [0.2, 0.25) is 0 Å². The molecule has 5 N–H and O–H groups in total. The highest BCUT2D eigenvalue weighted by Crippen LogP contribution is 2.37. The van der Waals surface area contributed by atoms with Gasteiger partial charge in [0.1, 0.15) is 12.1 Å². The molecule has 0 radical (unpaired) electrons. The Labute approximate surface area is 198 Å². The van der Waals surface area contributed by atoms with E-state index in [9.17, 15) is 14.7 Å². The number of aliphatic hydroxyl groups excluding tert-OH is 1. The van der Waals surface area contributed by atoms with Crippen LogP contribution in [0.5, 0.6) is 0 Å². The van der Waals surface area contributed by atoms with Crippen molar-refractivity contribution in [2.75, 3.05) is 30.3 Å². The lowest BCUT2D eigenvalue weighted by atomic mass is 9.89. The Balaban J connectivity index is 1.08. The Morgan fingerprint density at radius 3 is 1.88 bits per heavy atom. The van der Waals surface area contributed by atoms with Crippen LogP contribution >= 0.6 is 0 Å². The van der Waals surface area contributed by atoms with Gasteiger partial charge in [-0.05, 0) is 47.2 Å². The number of aliphatic hydroxyl groups is 1.